The number of nitrogens with two attached hydrogens (primary N) is 1. The third kappa shape index (κ3) is 9.46. The Bertz CT molecular complexity index is 1910. The molecule has 4 aliphatic rings. The van der Waals surface area contributed by atoms with Gasteiger partial charge in [-0.25, -0.2) is 8.42 Å². The summed E-state index contributed by atoms with van der Waals surface area (Å²) in [5.41, 5.74) is 4.86. The molecule has 1 aliphatic heterocycles. The number of likely N-dealkylation sites (tertiary alicyclic amines) is 1. The van der Waals surface area contributed by atoms with Gasteiger partial charge in [-0.3, -0.25) is 24.0 Å². The molecule has 3 aliphatic carbocycles. The molecule has 56 heavy (non-hydrogen) atoms. The van der Waals surface area contributed by atoms with Gasteiger partial charge < -0.3 is 15.4 Å². The van der Waals surface area contributed by atoms with Crippen molar-refractivity contribution in [2.75, 3.05) is 12.3 Å². The highest BCUT2D eigenvalue weighted by molar-refractivity contribution is 7.91. The lowest BCUT2D eigenvalue weighted by atomic mass is 9.70. The van der Waals surface area contributed by atoms with E-state index in [0.29, 0.717) is 44.1 Å². The number of ketones is 3. The van der Waals surface area contributed by atoms with Crippen molar-refractivity contribution in [2.24, 2.45) is 51.6 Å². The molecular formula is C45H60N2O8S. The topological polar surface area (TPSA) is 158 Å². The second kappa shape index (κ2) is 16.2. The van der Waals surface area contributed by atoms with Crippen molar-refractivity contribution >= 4 is 39.0 Å². The first kappa shape index (κ1) is 41.8. The third-order valence-electron chi connectivity index (χ3n) is 13.4. The maximum atomic E-state index is 14.7. The number of ether oxygens (including phenoxy) is 1. The number of hydrogen-bond donors (Lipinski definition) is 1. The molecule has 0 radical (unpaired) electrons. The first-order valence-electron chi connectivity index (χ1n) is 20.5. The summed E-state index contributed by atoms with van der Waals surface area (Å²) in [6, 6.07) is 15.4. The minimum absolute atomic E-state index is 0.0574. The normalized spacial score (nSPS) is 23.7. The number of hydrogen-bond acceptors (Lipinski definition) is 8. The van der Waals surface area contributed by atoms with Gasteiger partial charge in [-0.1, -0.05) is 97.1 Å². The Morgan fingerprint density at radius 1 is 0.911 bits per heavy atom. The highest BCUT2D eigenvalue weighted by Gasteiger charge is 2.69. The molecule has 0 aromatic heterocycles. The zero-order chi connectivity index (χ0) is 40.6. The van der Waals surface area contributed by atoms with Crippen LogP contribution >= 0.6 is 0 Å². The number of Topliss-reactive ketones (excluding diaryl/α,β-unsaturated/α-hetero) is 3. The zero-order valence-electron chi connectivity index (χ0n) is 33.8. The lowest BCUT2D eigenvalue weighted by molar-refractivity contribution is -0.148. The molecule has 2 N–H and O–H groups in total. The summed E-state index contributed by atoms with van der Waals surface area (Å²) in [5.74, 6) is -3.17. The van der Waals surface area contributed by atoms with Crippen LogP contribution in [0.3, 0.4) is 0 Å². The predicted molar refractivity (Wildman–Crippen MR) is 213 cm³/mol. The van der Waals surface area contributed by atoms with Gasteiger partial charge in [0.25, 0.3) is 5.91 Å². The Balaban J connectivity index is 1.15. The fourth-order valence-electron chi connectivity index (χ4n) is 9.81. The lowest BCUT2D eigenvalue weighted by Gasteiger charge is -2.39. The van der Waals surface area contributed by atoms with Crippen LogP contribution < -0.4 is 10.5 Å². The largest absolute Gasteiger partial charge is 0.489 e. The molecule has 6 rings (SSSR count). The van der Waals surface area contributed by atoms with Crippen LogP contribution in [-0.2, 0) is 40.4 Å². The van der Waals surface area contributed by atoms with Crippen molar-refractivity contribution in [2.45, 2.75) is 123 Å². The van der Waals surface area contributed by atoms with Crippen molar-refractivity contribution in [1.82, 2.24) is 4.90 Å². The average Bonchev–Trinajstić information content (AvgIpc) is 4.00. The molecule has 2 unspecified atom stereocenters. The number of sulfone groups is 1. The molecule has 0 bridgehead atoms. The standard InChI is InChI=1S/C45H60N2O8S/c1-43(2,3)35(42(52)47-26-36-38(44(36,4)5)39(47)37(49)23-31(22-29-14-15-29)40(50)41(46)51)24-32(48)25-45(20-10-7-11-21-45)28-56(53,54)34-18-16-33(17-19-34)55-27-30-12-8-6-9-13-30/h6,8-9,12-13,16-19,29,31,35-36,38-39H,7,10-11,14-15,20-28H2,1-5H3,(H2,46,51)/t31?,35-,36?,38+,39-/m1/s1. The summed E-state index contributed by atoms with van der Waals surface area (Å²) in [7, 11) is -3.76. The Kier molecular flexibility index (Phi) is 12.1. The molecule has 5 atom stereocenters. The summed E-state index contributed by atoms with van der Waals surface area (Å²) in [6.45, 7) is 10.7. The second-order valence-electron chi connectivity index (χ2n) is 19.1. The summed E-state index contributed by atoms with van der Waals surface area (Å²) >= 11 is 0. The fourth-order valence-corrected chi connectivity index (χ4v) is 11.7. The number of fused-ring (bicyclic) bond motifs is 1. The van der Waals surface area contributed by atoms with Crippen LogP contribution in [0.25, 0.3) is 0 Å². The van der Waals surface area contributed by atoms with E-state index < -0.39 is 50.2 Å². The lowest BCUT2D eigenvalue weighted by Crippen LogP contribution is -2.51. The van der Waals surface area contributed by atoms with Crippen LogP contribution in [0.1, 0.15) is 111 Å². The van der Waals surface area contributed by atoms with Crippen molar-refractivity contribution in [1.29, 1.82) is 0 Å². The van der Waals surface area contributed by atoms with Gasteiger partial charge in [0.05, 0.1) is 16.7 Å². The number of benzene rings is 2. The molecular weight excluding hydrogens is 729 g/mol. The molecule has 11 heteroatoms. The van der Waals surface area contributed by atoms with E-state index in [1.165, 1.54) is 0 Å². The summed E-state index contributed by atoms with van der Waals surface area (Å²) in [5, 5.41) is 0. The molecule has 1 heterocycles. The van der Waals surface area contributed by atoms with E-state index in [1.54, 1.807) is 29.2 Å². The Morgan fingerprint density at radius 2 is 1.55 bits per heavy atom. The van der Waals surface area contributed by atoms with Gasteiger partial charge in [0.2, 0.25) is 11.7 Å². The SMILES string of the molecule is CC(C)(C)[C@H](CC(=O)CC1(CS(=O)(=O)c2ccc(OCc3ccccc3)cc2)CCCCC1)C(=O)N1CC2[C@@H]([C@H]1C(=O)CC(CC1CC1)C(=O)C(N)=O)C2(C)C. The zero-order valence-corrected chi connectivity index (χ0v) is 34.6. The van der Waals surface area contributed by atoms with Crippen LogP contribution in [0.2, 0.25) is 0 Å². The minimum Gasteiger partial charge on any atom is -0.489 e. The predicted octanol–water partition coefficient (Wildman–Crippen LogP) is 6.91. The molecule has 3 saturated carbocycles. The molecule has 2 amide bonds. The monoisotopic (exact) mass is 788 g/mol. The molecule has 4 fully saturated rings. The van der Waals surface area contributed by atoms with E-state index in [1.807, 2.05) is 51.1 Å². The number of rotatable bonds is 18. The van der Waals surface area contributed by atoms with Gasteiger partial charge in [0.1, 0.15) is 18.1 Å². The van der Waals surface area contributed by atoms with E-state index in [2.05, 4.69) is 13.8 Å². The number of carbonyl (C=O) groups excluding carboxylic acids is 5. The molecule has 2 aromatic carbocycles. The number of primary amides is 1. The van der Waals surface area contributed by atoms with E-state index in [4.69, 9.17) is 10.5 Å². The first-order chi connectivity index (χ1) is 26.3. The summed E-state index contributed by atoms with van der Waals surface area (Å²) < 4.78 is 33.8. The molecule has 2 aromatic rings. The Morgan fingerprint density at radius 3 is 2.14 bits per heavy atom. The Hall–Kier alpha value is -3.86. The van der Waals surface area contributed by atoms with Gasteiger partial charge >= 0.3 is 0 Å². The fraction of sp³-hybridized carbons (Fsp3) is 0.622. The highest BCUT2D eigenvalue weighted by Crippen LogP contribution is 2.65. The second-order valence-corrected chi connectivity index (χ2v) is 21.1. The van der Waals surface area contributed by atoms with Gasteiger partial charge in [0.15, 0.2) is 15.6 Å². The average molecular weight is 789 g/mol. The molecule has 304 valence electrons. The van der Waals surface area contributed by atoms with Gasteiger partial charge in [-0.2, -0.15) is 0 Å². The maximum Gasteiger partial charge on any atom is 0.285 e. The van der Waals surface area contributed by atoms with Crippen molar-refractivity contribution in [3.8, 4) is 5.75 Å². The van der Waals surface area contributed by atoms with Crippen LogP contribution in [0.15, 0.2) is 59.5 Å². The maximum absolute atomic E-state index is 14.7. The van der Waals surface area contributed by atoms with Crippen molar-refractivity contribution in [3.63, 3.8) is 0 Å². The van der Waals surface area contributed by atoms with Crippen LogP contribution in [0, 0.1) is 45.8 Å². The quantitative estimate of drug-likeness (QED) is 0.160. The van der Waals surface area contributed by atoms with Gasteiger partial charge in [-0.05, 0) is 83.1 Å². The van der Waals surface area contributed by atoms with Crippen LogP contribution in [-0.4, -0.2) is 60.8 Å². The molecule has 0 spiro atoms. The highest BCUT2D eigenvalue weighted by atomic mass is 32.2. The number of amides is 2. The molecule has 10 nitrogen and oxygen atoms in total. The minimum atomic E-state index is -3.76. The van der Waals surface area contributed by atoms with E-state index in [9.17, 15) is 32.4 Å². The van der Waals surface area contributed by atoms with Gasteiger partial charge in [0, 0.05) is 37.6 Å². The third-order valence-corrected chi connectivity index (χ3v) is 15.4. The van der Waals surface area contributed by atoms with E-state index in [0.717, 1.165) is 37.7 Å². The number of carbonyl (C=O) groups is 5. The van der Waals surface area contributed by atoms with Crippen LogP contribution in [0.5, 0.6) is 5.75 Å². The van der Waals surface area contributed by atoms with Crippen LogP contribution in [0.4, 0.5) is 0 Å². The molecule has 1 saturated heterocycles. The number of piperidine rings is 1. The summed E-state index contributed by atoms with van der Waals surface area (Å²) in [6.07, 6.45) is 6.06. The van der Waals surface area contributed by atoms with Crippen molar-refractivity contribution < 1.29 is 37.1 Å². The van der Waals surface area contributed by atoms with Gasteiger partial charge in [-0.15, -0.1) is 0 Å². The van der Waals surface area contributed by atoms with E-state index >= 15 is 0 Å². The first-order valence-corrected chi connectivity index (χ1v) is 22.1. The van der Waals surface area contributed by atoms with Crippen molar-refractivity contribution in [3.05, 3.63) is 60.2 Å². The smallest absolute Gasteiger partial charge is 0.285 e. The van der Waals surface area contributed by atoms with E-state index in [-0.39, 0.29) is 64.6 Å². The number of nitrogens with zero attached hydrogens (tertiary/aromatic N) is 1. The summed E-state index contributed by atoms with van der Waals surface area (Å²) in [4.78, 5) is 69.6. The Labute approximate surface area is 332 Å².